The fraction of sp³-hybridized carbons (Fsp3) is 0.500. The van der Waals surface area contributed by atoms with Crippen molar-refractivity contribution in [1.82, 2.24) is 0 Å². The molecule has 0 aromatic carbocycles. The van der Waals surface area contributed by atoms with Crippen molar-refractivity contribution in [2.75, 3.05) is 0 Å². The molecule has 0 heterocycles. The van der Waals surface area contributed by atoms with Gasteiger partial charge in [0.15, 0.2) is 0 Å². The average Bonchev–Trinajstić information content (AvgIpc) is 1.46. The van der Waals surface area contributed by atoms with Gasteiger partial charge in [-0.1, -0.05) is 0 Å². The average molecular weight is 334 g/mol. The summed E-state index contributed by atoms with van der Waals surface area (Å²) in [6.45, 7) is 5.00. The molecule has 0 atom stereocenters. The monoisotopic (exact) mass is 334 g/mol. The molecule has 0 unspecified atom stereocenters. The number of hydrogen-bond acceptors (Lipinski definition) is 0. The molecule has 5 heavy (non-hydrogen) atoms. The van der Waals surface area contributed by atoms with Gasteiger partial charge in [0.2, 0.25) is 0 Å². The number of rotatable bonds is 0. The van der Waals surface area contributed by atoms with E-state index < -0.39 is 0 Å². The molecule has 0 aromatic rings. The summed E-state index contributed by atoms with van der Waals surface area (Å²) in [7, 11) is 0.628. The van der Waals surface area contributed by atoms with Crippen LogP contribution in [0, 0.1) is 6.92 Å². The normalized spacial score (nSPS) is 4.00. The van der Waals surface area contributed by atoms with Crippen LogP contribution in [0.3, 0.4) is 0 Å². The Bertz CT molecular complexity index is 7.61. The standard InChI is InChI=1S/C2H5.2HI.V/c1-2;;;/h1H2,2H3;2*1H;/q-1;;;+2/p-2. The van der Waals surface area contributed by atoms with Crippen LogP contribution in [0.15, 0.2) is 0 Å². The van der Waals surface area contributed by atoms with E-state index in [1.165, 1.54) is 0 Å². The summed E-state index contributed by atoms with van der Waals surface area (Å²) >= 11 is 4.74. The quantitative estimate of drug-likeness (QED) is 0.472. The molecule has 0 rings (SSSR count). The van der Waals surface area contributed by atoms with Gasteiger partial charge in [-0.2, -0.15) is 6.92 Å². The molecule has 33 valence electrons. The predicted molar refractivity (Wildman–Crippen MR) is 39.1 cm³/mol. The predicted octanol–water partition coefficient (Wildman–Crippen LogP) is 2.61. The second kappa shape index (κ2) is 16.6. The van der Waals surface area contributed by atoms with Crippen LogP contribution >= 0.6 is 40.0 Å². The van der Waals surface area contributed by atoms with Gasteiger partial charge >= 0.3 is 49.4 Å². The third-order valence-electron chi connectivity index (χ3n) is 0. The van der Waals surface area contributed by atoms with E-state index in [1.807, 2.05) is 0 Å². The van der Waals surface area contributed by atoms with E-state index in [9.17, 15) is 0 Å². The van der Waals surface area contributed by atoms with Gasteiger partial charge in [0, 0.05) is 0 Å². The molecular weight excluding hydrogens is 329 g/mol. The molecule has 0 saturated heterocycles. The zero-order valence-corrected chi connectivity index (χ0v) is 8.62. The zero-order valence-electron chi connectivity index (χ0n) is 2.91. The van der Waals surface area contributed by atoms with Crippen molar-refractivity contribution in [1.29, 1.82) is 0 Å². The first-order valence-corrected chi connectivity index (χ1v) is 10.1. The molecule has 0 aliphatic heterocycles. The molecule has 0 N–H and O–H groups in total. The Morgan fingerprint density at radius 1 is 1.40 bits per heavy atom. The Hall–Kier alpha value is 2.04. The van der Waals surface area contributed by atoms with E-state index in [2.05, 4.69) is 46.9 Å². The second-order valence-corrected chi connectivity index (χ2v) is 11.9. The molecule has 0 aromatic heterocycles. The van der Waals surface area contributed by atoms with Gasteiger partial charge in [0.05, 0.1) is 0 Å². The number of hydrogen-bond donors (Lipinski definition) is 0. The molecule has 0 nitrogen and oxygen atoms in total. The van der Waals surface area contributed by atoms with Crippen LogP contribution in [0.5, 0.6) is 0 Å². The van der Waals surface area contributed by atoms with E-state index in [4.69, 9.17) is 0 Å². The molecule has 0 saturated carbocycles. The van der Waals surface area contributed by atoms with Crippen molar-refractivity contribution in [3.63, 3.8) is 0 Å². The van der Waals surface area contributed by atoms with Crippen molar-refractivity contribution in [2.24, 2.45) is 0 Å². The van der Waals surface area contributed by atoms with Crippen LogP contribution in [0.1, 0.15) is 6.92 Å². The first-order valence-electron chi connectivity index (χ1n) is 1.05. The first-order chi connectivity index (χ1) is 2.41. The molecular formula is C2H5I2V-. The van der Waals surface area contributed by atoms with E-state index >= 15 is 0 Å². The third-order valence-corrected chi connectivity index (χ3v) is 0. The zero-order chi connectivity index (χ0) is 4.71. The van der Waals surface area contributed by atoms with Crippen LogP contribution in [0.2, 0.25) is 0 Å². The Balaban J connectivity index is 0. The Morgan fingerprint density at radius 2 is 1.40 bits per heavy atom. The van der Waals surface area contributed by atoms with Gasteiger partial charge in [-0.05, 0) is 0 Å². The Labute approximate surface area is 62.3 Å². The molecule has 0 spiro atoms. The summed E-state index contributed by atoms with van der Waals surface area (Å²) in [4.78, 5) is 0. The van der Waals surface area contributed by atoms with E-state index in [0.717, 1.165) is 0 Å². The minimum atomic E-state index is 0.628. The number of halogens is 2. The van der Waals surface area contributed by atoms with Crippen LogP contribution in [-0.4, -0.2) is 0 Å². The van der Waals surface area contributed by atoms with Crippen LogP contribution in [0.25, 0.3) is 0 Å². The summed E-state index contributed by atoms with van der Waals surface area (Å²) in [6, 6.07) is 0. The van der Waals surface area contributed by atoms with E-state index in [1.54, 1.807) is 6.92 Å². The summed E-state index contributed by atoms with van der Waals surface area (Å²) < 4.78 is 0. The van der Waals surface area contributed by atoms with Crippen LogP contribution in [-0.2, 0) is 9.47 Å². The Morgan fingerprint density at radius 3 is 1.40 bits per heavy atom. The van der Waals surface area contributed by atoms with Crippen LogP contribution in [0.4, 0.5) is 0 Å². The minimum absolute atomic E-state index is 0.628. The Kier molecular flexibility index (Phi) is 33.6. The molecule has 0 bridgehead atoms. The fourth-order valence-electron chi connectivity index (χ4n) is 0. The molecule has 0 amide bonds. The maximum absolute atomic E-state index is 3.25. The van der Waals surface area contributed by atoms with Gasteiger partial charge in [-0.15, -0.1) is 0 Å². The van der Waals surface area contributed by atoms with Crippen molar-refractivity contribution in [2.45, 2.75) is 6.92 Å². The van der Waals surface area contributed by atoms with Crippen molar-refractivity contribution in [3.05, 3.63) is 6.92 Å². The van der Waals surface area contributed by atoms with Crippen molar-refractivity contribution in [3.8, 4) is 0 Å². The third kappa shape index (κ3) is 23.7. The van der Waals surface area contributed by atoms with Crippen molar-refractivity contribution < 1.29 is 9.47 Å². The summed E-state index contributed by atoms with van der Waals surface area (Å²) in [6.07, 6.45) is 0. The first kappa shape index (κ1) is 10.1. The van der Waals surface area contributed by atoms with Crippen molar-refractivity contribution >= 4 is 40.0 Å². The summed E-state index contributed by atoms with van der Waals surface area (Å²) in [5.74, 6) is 0. The second-order valence-electron chi connectivity index (χ2n) is 0.0639. The SMILES string of the molecule is [CH2-]C.[I][V][I]. The topological polar surface area (TPSA) is 0 Å². The molecule has 3 heteroatoms. The van der Waals surface area contributed by atoms with Gasteiger partial charge in [-0.25, -0.2) is 0 Å². The van der Waals surface area contributed by atoms with Crippen LogP contribution < -0.4 is 0 Å². The summed E-state index contributed by atoms with van der Waals surface area (Å²) in [5.41, 5.74) is 0. The van der Waals surface area contributed by atoms with Gasteiger partial charge in [0.1, 0.15) is 0 Å². The van der Waals surface area contributed by atoms with E-state index in [0.29, 0.717) is 9.47 Å². The van der Waals surface area contributed by atoms with Gasteiger partial charge < -0.3 is 6.92 Å². The molecule has 0 aliphatic carbocycles. The summed E-state index contributed by atoms with van der Waals surface area (Å²) in [5, 5.41) is 0. The molecule has 0 fully saturated rings. The maximum atomic E-state index is 3.25. The molecule has 0 radical (unpaired) electrons. The van der Waals surface area contributed by atoms with Gasteiger partial charge in [0.25, 0.3) is 0 Å². The van der Waals surface area contributed by atoms with Gasteiger partial charge in [-0.3, -0.25) is 0 Å². The fourth-order valence-corrected chi connectivity index (χ4v) is 0. The molecule has 0 aliphatic rings. The van der Waals surface area contributed by atoms with E-state index in [-0.39, 0.29) is 0 Å².